The largest absolute Gasteiger partial charge is 0.0557 e. The summed E-state index contributed by atoms with van der Waals surface area (Å²) in [4.78, 5) is 0. The molecule has 11 heavy (non-hydrogen) atoms. The molecule has 1 aliphatic carbocycles. The lowest BCUT2D eigenvalue weighted by Crippen LogP contribution is -1.81. The van der Waals surface area contributed by atoms with Gasteiger partial charge in [-0.25, -0.2) is 0 Å². The predicted octanol–water partition coefficient (Wildman–Crippen LogP) is 3.63. The fourth-order valence-electron chi connectivity index (χ4n) is 1.42. The zero-order valence-corrected chi connectivity index (χ0v) is 8.19. The van der Waals surface area contributed by atoms with Crippen LogP contribution in [0.25, 0.3) is 0 Å². The molecule has 0 nitrogen and oxygen atoms in total. The van der Waals surface area contributed by atoms with Gasteiger partial charge in [-0.2, -0.15) is 0 Å². The van der Waals surface area contributed by atoms with Gasteiger partial charge in [0.15, 0.2) is 0 Å². The lowest BCUT2D eigenvalue weighted by molar-refractivity contribution is 1.12. The van der Waals surface area contributed by atoms with Crippen LogP contribution in [0.3, 0.4) is 0 Å². The molecule has 58 valence electrons. The summed E-state index contributed by atoms with van der Waals surface area (Å²) < 4.78 is 1.22. The Morgan fingerprint density at radius 1 is 1.27 bits per heavy atom. The third-order valence-corrected chi connectivity index (χ3v) is 2.57. The average Bonchev–Trinajstić information content (AvgIpc) is 2.64. The first-order valence-corrected chi connectivity index (χ1v) is 4.82. The van der Waals surface area contributed by atoms with E-state index in [0.29, 0.717) is 0 Å². The zero-order chi connectivity index (χ0) is 7.84. The van der Waals surface area contributed by atoms with Crippen molar-refractivity contribution in [3.63, 3.8) is 0 Å². The molecule has 1 saturated carbocycles. The number of halogens is 1. The standard InChI is InChI=1S/C10H11Br/c1-7-4-9(8-2-3-8)6-10(11)5-7/h4-6,8H,2-3H2,1H3. The van der Waals surface area contributed by atoms with Gasteiger partial charge in [0.05, 0.1) is 0 Å². The highest BCUT2D eigenvalue weighted by Crippen LogP contribution is 2.41. The first kappa shape index (κ1) is 7.35. The maximum Gasteiger partial charge on any atom is 0.0180 e. The quantitative estimate of drug-likeness (QED) is 0.665. The highest BCUT2D eigenvalue weighted by molar-refractivity contribution is 9.10. The third kappa shape index (κ3) is 1.64. The summed E-state index contributed by atoms with van der Waals surface area (Å²) in [5.41, 5.74) is 2.87. The van der Waals surface area contributed by atoms with E-state index in [1.54, 1.807) is 0 Å². The van der Waals surface area contributed by atoms with Crippen molar-refractivity contribution in [3.8, 4) is 0 Å². The van der Waals surface area contributed by atoms with Crippen molar-refractivity contribution in [2.24, 2.45) is 0 Å². The number of hydrogen-bond donors (Lipinski definition) is 0. The van der Waals surface area contributed by atoms with Crippen LogP contribution in [-0.4, -0.2) is 0 Å². The van der Waals surface area contributed by atoms with Crippen molar-refractivity contribution in [1.29, 1.82) is 0 Å². The van der Waals surface area contributed by atoms with Gasteiger partial charge in [-0.3, -0.25) is 0 Å². The Labute approximate surface area is 75.8 Å². The van der Waals surface area contributed by atoms with E-state index in [1.807, 2.05) is 0 Å². The van der Waals surface area contributed by atoms with E-state index in [4.69, 9.17) is 0 Å². The second-order valence-corrected chi connectivity index (χ2v) is 4.25. The SMILES string of the molecule is Cc1cc(Br)cc(C2CC2)c1. The fourth-order valence-corrected chi connectivity index (χ4v) is 2.04. The molecule has 0 spiro atoms. The summed E-state index contributed by atoms with van der Waals surface area (Å²) in [6.07, 6.45) is 2.77. The van der Waals surface area contributed by atoms with E-state index < -0.39 is 0 Å². The molecule has 1 fully saturated rings. The van der Waals surface area contributed by atoms with E-state index in [1.165, 1.54) is 28.4 Å². The molecule has 1 heteroatoms. The topological polar surface area (TPSA) is 0 Å². The highest BCUT2D eigenvalue weighted by atomic mass is 79.9. The van der Waals surface area contributed by atoms with Gasteiger partial charge in [-0.1, -0.05) is 22.0 Å². The Balaban J connectivity index is 2.39. The van der Waals surface area contributed by atoms with E-state index >= 15 is 0 Å². The first-order chi connectivity index (χ1) is 5.25. The van der Waals surface area contributed by atoms with Crippen molar-refractivity contribution >= 4 is 15.9 Å². The van der Waals surface area contributed by atoms with Gasteiger partial charge in [-0.15, -0.1) is 0 Å². The molecule has 0 aliphatic heterocycles. The molecule has 0 heterocycles. The average molecular weight is 211 g/mol. The van der Waals surface area contributed by atoms with Gasteiger partial charge in [0.2, 0.25) is 0 Å². The maximum atomic E-state index is 3.51. The number of benzene rings is 1. The maximum absolute atomic E-state index is 3.51. The van der Waals surface area contributed by atoms with Crippen LogP contribution in [-0.2, 0) is 0 Å². The van der Waals surface area contributed by atoms with Crippen LogP contribution in [0.4, 0.5) is 0 Å². The summed E-state index contributed by atoms with van der Waals surface area (Å²) in [6, 6.07) is 6.69. The lowest BCUT2D eigenvalue weighted by atomic mass is 10.1. The van der Waals surface area contributed by atoms with Crippen LogP contribution in [0.5, 0.6) is 0 Å². The molecule has 0 aromatic heterocycles. The fraction of sp³-hybridized carbons (Fsp3) is 0.400. The molecule has 0 amide bonds. The van der Waals surface area contributed by atoms with Crippen LogP contribution >= 0.6 is 15.9 Å². The van der Waals surface area contributed by atoms with Crippen molar-refractivity contribution < 1.29 is 0 Å². The van der Waals surface area contributed by atoms with E-state index in [9.17, 15) is 0 Å². The van der Waals surface area contributed by atoms with Gasteiger partial charge in [0.25, 0.3) is 0 Å². The predicted molar refractivity (Wildman–Crippen MR) is 50.9 cm³/mol. The van der Waals surface area contributed by atoms with E-state index in [2.05, 4.69) is 41.1 Å². The van der Waals surface area contributed by atoms with Crippen molar-refractivity contribution in [2.45, 2.75) is 25.7 Å². The Morgan fingerprint density at radius 2 is 2.00 bits per heavy atom. The Hall–Kier alpha value is -0.300. The highest BCUT2D eigenvalue weighted by Gasteiger charge is 2.23. The smallest absolute Gasteiger partial charge is 0.0180 e. The summed E-state index contributed by atoms with van der Waals surface area (Å²) >= 11 is 3.51. The van der Waals surface area contributed by atoms with Crippen molar-refractivity contribution in [3.05, 3.63) is 33.8 Å². The molecule has 1 aromatic rings. The zero-order valence-electron chi connectivity index (χ0n) is 6.60. The van der Waals surface area contributed by atoms with Crippen LogP contribution in [0.1, 0.15) is 29.9 Å². The monoisotopic (exact) mass is 210 g/mol. The van der Waals surface area contributed by atoms with Crippen LogP contribution in [0.15, 0.2) is 22.7 Å². The second-order valence-electron chi connectivity index (χ2n) is 3.34. The third-order valence-electron chi connectivity index (χ3n) is 2.11. The summed E-state index contributed by atoms with van der Waals surface area (Å²) in [7, 11) is 0. The normalized spacial score (nSPS) is 16.9. The number of rotatable bonds is 1. The molecular formula is C10H11Br. The Bertz CT molecular complexity index is 254. The van der Waals surface area contributed by atoms with Gasteiger partial charge in [0.1, 0.15) is 0 Å². The molecule has 0 radical (unpaired) electrons. The van der Waals surface area contributed by atoms with E-state index in [-0.39, 0.29) is 0 Å². The van der Waals surface area contributed by atoms with Crippen molar-refractivity contribution in [2.75, 3.05) is 0 Å². The van der Waals surface area contributed by atoms with Gasteiger partial charge >= 0.3 is 0 Å². The van der Waals surface area contributed by atoms with Gasteiger partial charge in [-0.05, 0) is 48.9 Å². The van der Waals surface area contributed by atoms with Crippen LogP contribution in [0.2, 0.25) is 0 Å². The van der Waals surface area contributed by atoms with Crippen LogP contribution in [0, 0.1) is 6.92 Å². The first-order valence-electron chi connectivity index (χ1n) is 4.03. The number of hydrogen-bond acceptors (Lipinski definition) is 0. The molecule has 0 bridgehead atoms. The summed E-state index contributed by atoms with van der Waals surface area (Å²) in [5.74, 6) is 0.867. The summed E-state index contributed by atoms with van der Waals surface area (Å²) in [6.45, 7) is 2.15. The molecular weight excluding hydrogens is 200 g/mol. The molecule has 0 N–H and O–H groups in total. The minimum Gasteiger partial charge on any atom is -0.0557 e. The van der Waals surface area contributed by atoms with E-state index in [0.717, 1.165) is 5.92 Å². The molecule has 0 saturated heterocycles. The minimum absolute atomic E-state index is 0.867. The molecule has 1 aromatic carbocycles. The van der Waals surface area contributed by atoms with Gasteiger partial charge in [0, 0.05) is 4.47 Å². The molecule has 2 rings (SSSR count). The molecule has 0 atom stereocenters. The summed E-state index contributed by atoms with van der Waals surface area (Å²) in [5, 5.41) is 0. The number of aryl methyl sites for hydroxylation is 1. The Morgan fingerprint density at radius 3 is 2.55 bits per heavy atom. The lowest BCUT2D eigenvalue weighted by Gasteiger charge is -2.00. The van der Waals surface area contributed by atoms with Gasteiger partial charge < -0.3 is 0 Å². The van der Waals surface area contributed by atoms with Crippen molar-refractivity contribution in [1.82, 2.24) is 0 Å². The molecule has 1 aliphatic rings. The Kier molecular flexibility index (Phi) is 1.76. The minimum atomic E-state index is 0.867. The molecule has 0 unspecified atom stereocenters. The van der Waals surface area contributed by atoms with Crippen LogP contribution < -0.4 is 0 Å². The second kappa shape index (κ2) is 2.63.